The largest absolute Gasteiger partial charge is 0.396 e. The van der Waals surface area contributed by atoms with Gasteiger partial charge >= 0.3 is 0 Å². The Labute approximate surface area is 78.7 Å². The van der Waals surface area contributed by atoms with Crippen molar-refractivity contribution < 1.29 is 9.90 Å². The number of carbonyl (C=O) groups excluding carboxylic acids is 1. The SMILES string of the molecule is O=C1CCCN1CC1(CCO)CC1. The van der Waals surface area contributed by atoms with E-state index in [9.17, 15) is 4.79 Å². The van der Waals surface area contributed by atoms with Gasteiger partial charge in [0.05, 0.1) is 0 Å². The molecular weight excluding hydrogens is 166 g/mol. The molecule has 0 radical (unpaired) electrons. The summed E-state index contributed by atoms with van der Waals surface area (Å²) in [5.41, 5.74) is 0.300. The van der Waals surface area contributed by atoms with Crippen molar-refractivity contribution >= 4 is 5.91 Å². The van der Waals surface area contributed by atoms with E-state index in [1.165, 1.54) is 12.8 Å². The van der Waals surface area contributed by atoms with Crippen LogP contribution in [0.2, 0.25) is 0 Å². The fourth-order valence-electron chi connectivity index (χ4n) is 2.18. The van der Waals surface area contributed by atoms with Crippen LogP contribution in [0.4, 0.5) is 0 Å². The quantitative estimate of drug-likeness (QED) is 0.699. The van der Waals surface area contributed by atoms with E-state index < -0.39 is 0 Å². The summed E-state index contributed by atoms with van der Waals surface area (Å²) in [6, 6.07) is 0. The molecule has 1 amide bonds. The highest BCUT2D eigenvalue weighted by molar-refractivity contribution is 5.78. The number of carbonyl (C=O) groups is 1. The third-order valence-electron chi connectivity index (χ3n) is 3.30. The van der Waals surface area contributed by atoms with E-state index >= 15 is 0 Å². The topological polar surface area (TPSA) is 40.5 Å². The van der Waals surface area contributed by atoms with Gasteiger partial charge < -0.3 is 10.0 Å². The van der Waals surface area contributed by atoms with Gasteiger partial charge in [-0.15, -0.1) is 0 Å². The first-order valence-electron chi connectivity index (χ1n) is 5.14. The average Bonchev–Trinajstić information content (AvgIpc) is 2.73. The lowest BCUT2D eigenvalue weighted by Crippen LogP contribution is -2.31. The van der Waals surface area contributed by atoms with Crippen molar-refractivity contribution in [1.82, 2.24) is 4.90 Å². The van der Waals surface area contributed by atoms with Crippen molar-refractivity contribution in [2.24, 2.45) is 5.41 Å². The monoisotopic (exact) mass is 183 g/mol. The molecule has 13 heavy (non-hydrogen) atoms. The molecular formula is C10H17NO2. The van der Waals surface area contributed by atoms with Crippen molar-refractivity contribution in [3.05, 3.63) is 0 Å². The number of nitrogens with zero attached hydrogens (tertiary/aromatic N) is 1. The van der Waals surface area contributed by atoms with E-state index in [0.29, 0.717) is 11.3 Å². The van der Waals surface area contributed by atoms with Crippen LogP contribution < -0.4 is 0 Å². The van der Waals surface area contributed by atoms with Gasteiger partial charge in [-0.05, 0) is 31.1 Å². The molecule has 0 aromatic heterocycles. The second-order valence-electron chi connectivity index (χ2n) is 4.39. The van der Waals surface area contributed by atoms with Crippen molar-refractivity contribution in [1.29, 1.82) is 0 Å². The zero-order chi connectivity index (χ0) is 9.31. The molecule has 1 N–H and O–H groups in total. The van der Waals surface area contributed by atoms with Crippen molar-refractivity contribution in [3.63, 3.8) is 0 Å². The summed E-state index contributed by atoms with van der Waals surface area (Å²) in [5.74, 6) is 0.309. The summed E-state index contributed by atoms with van der Waals surface area (Å²) < 4.78 is 0. The number of hydrogen-bond donors (Lipinski definition) is 1. The molecule has 1 aliphatic heterocycles. The molecule has 2 fully saturated rings. The Morgan fingerprint density at radius 1 is 1.46 bits per heavy atom. The van der Waals surface area contributed by atoms with Gasteiger partial charge in [0.2, 0.25) is 5.91 Å². The maximum atomic E-state index is 11.3. The highest BCUT2D eigenvalue weighted by Crippen LogP contribution is 2.49. The third-order valence-corrected chi connectivity index (χ3v) is 3.30. The Morgan fingerprint density at radius 3 is 2.69 bits per heavy atom. The van der Waals surface area contributed by atoms with Crippen LogP contribution in [0.3, 0.4) is 0 Å². The maximum Gasteiger partial charge on any atom is 0.222 e. The van der Waals surface area contributed by atoms with E-state index in [0.717, 1.165) is 32.4 Å². The highest BCUT2D eigenvalue weighted by atomic mass is 16.3. The van der Waals surface area contributed by atoms with Gasteiger partial charge in [0.25, 0.3) is 0 Å². The second-order valence-corrected chi connectivity index (χ2v) is 4.39. The molecule has 0 spiro atoms. The lowest BCUT2D eigenvalue weighted by Gasteiger charge is -2.22. The van der Waals surface area contributed by atoms with E-state index in [-0.39, 0.29) is 6.61 Å². The van der Waals surface area contributed by atoms with Crippen LogP contribution in [-0.4, -0.2) is 35.6 Å². The van der Waals surface area contributed by atoms with Crippen LogP contribution in [0.5, 0.6) is 0 Å². The molecule has 2 aliphatic rings. The first-order chi connectivity index (χ1) is 6.26. The van der Waals surface area contributed by atoms with Gasteiger partial charge in [-0.1, -0.05) is 0 Å². The zero-order valence-corrected chi connectivity index (χ0v) is 7.96. The molecule has 3 heteroatoms. The van der Waals surface area contributed by atoms with Gasteiger partial charge in [-0.2, -0.15) is 0 Å². The fourth-order valence-corrected chi connectivity index (χ4v) is 2.18. The second kappa shape index (κ2) is 3.29. The van der Waals surface area contributed by atoms with Crippen LogP contribution >= 0.6 is 0 Å². The number of amides is 1. The smallest absolute Gasteiger partial charge is 0.222 e. The van der Waals surface area contributed by atoms with Crippen LogP contribution in [0.1, 0.15) is 32.1 Å². The molecule has 1 saturated carbocycles. The van der Waals surface area contributed by atoms with E-state index in [2.05, 4.69) is 0 Å². The molecule has 1 heterocycles. The standard InChI is InChI=1S/C10H17NO2/c12-7-5-10(3-4-10)8-11-6-1-2-9(11)13/h12H,1-8H2. The van der Waals surface area contributed by atoms with Crippen molar-refractivity contribution in [2.45, 2.75) is 32.1 Å². The summed E-state index contributed by atoms with van der Waals surface area (Å²) in [7, 11) is 0. The van der Waals surface area contributed by atoms with Crippen LogP contribution in [-0.2, 0) is 4.79 Å². The highest BCUT2D eigenvalue weighted by Gasteiger charge is 2.44. The number of hydrogen-bond acceptors (Lipinski definition) is 2. The van der Waals surface area contributed by atoms with Gasteiger partial charge in [-0.3, -0.25) is 4.79 Å². The van der Waals surface area contributed by atoms with Gasteiger partial charge in [0.15, 0.2) is 0 Å². The Kier molecular flexibility index (Phi) is 2.28. The van der Waals surface area contributed by atoms with Crippen LogP contribution in [0.25, 0.3) is 0 Å². The fraction of sp³-hybridized carbons (Fsp3) is 0.900. The van der Waals surface area contributed by atoms with Crippen molar-refractivity contribution in [3.8, 4) is 0 Å². The van der Waals surface area contributed by atoms with Gasteiger partial charge in [-0.25, -0.2) is 0 Å². The first kappa shape index (κ1) is 9.00. The maximum absolute atomic E-state index is 11.3. The molecule has 2 rings (SSSR count). The summed E-state index contributed by atoms with van der Waals surface area (Å²) in [5, 5.41) is 8.88. The average molecular weight is 183 g/mol. The Hall–Kier alpha value is -0.570. The number of aliphatic hydroxyl groups excluding tert-OH is 1. The molecule has 1 saturated heterocycles. The zero-order valence-electron chi connectivity index (χ0n) is 7.96. The minimum absolute atomic E-state index is 0.266. The predicted molar refractivity (Wildman–Crippen MR) is 49.2 cm³/mol. The van der Waals surface area contributed by atoms with Crippen LogP contribution in [0.15, 0.2) is 0 Å². The predicted octanol–water partition coefficient (Wildman–Crippen LogP) is 0.771. The Bertz CT molecular complexity index is 211. The molecule has 3 nitrogen and oxygen atoms in total. The van der Waals surface area contributed by atoms with Gasteiger partial charge in [0.1, 0.15) is 0 Å². The lowest BCUT2D eigenvalue weighted by atomic mass is 10.0. The minimum Gasteiger partial charge on any atom is -0.396 e. The van der Waals surface area contributed by atoms with E-state index in [1.54, 1.807) is 0 Å². The lowest BCUT2D eigenvalue weighted by molar-refractivity contribution is -0.128. The molecule has 0 atom stereocenters. The molecule has 0 aromatic rings. The summed E-state index contributed by atoms with van der Waals surface area (Å²) in [4.78, 5) is 13.3. The van der Waals surface area contributed by atoms with E-state index in [1.807, 2.05) is 4.90 Å². The number of rotatable bonds is 4. The Balaban J connectivity index is 1.86. The molecule has 74 valence electrons. The number of likely N-dealkylation sites (tertiary alicyclic amines) is 1. The summed E-state index contributed by atoms with van der Waals surface area (Å²) in [6.07, 6.45) is 5.01. The Morgan fingerprint density at radius 2 is 2.23 bits per heavy atom. The van der Waals surface area contributed by atoms with Crippen molar-refractivity contribution in [2.75, 3.05) is 19.7 Å². The van der Waals surface area contributed by atoms with Gasteiger partial charge in [0, 0.05) is 26.1 Å². The molecule has 0 bridgehead atoms. The minimum atomic E-state index is 0.266. The van der Waals surface area contributed by atoms with E-state index in [4.69, 9.17) is 5.11 Å². The molecule has 0 unspecified atom stereocenters. The summed E-state index contributed by atoms with van der Waals surface area (Å²) in [6.45, 7) is 2.10. The summed E-state index contributed by atoms with van der Waals surface area (Å²) >= 11 is 0. The third kappa shape index (κ3) is 1.85. The number of aliphatic hydroxyl groups is 1. The molecule has 0 aromatic carbocycles. The first-order valence-corrected chi connectivity index (χ1v) is 5.14. The molecule has 1 aliphatic carbocycles. The normalized spacial score (nSPS) is 25.3. The van der Waals surface area contributed by atoms with Crippen LogP contribution in [0, 0.1) is 5.41 Å².